The second-order valence-corrected chi connectivity index (χ2v) is 7.51. The zero-order valence-corrected chi connectivity index (χ0v) is 17.1. The number of aliphatic hydroxyl groups is 1. The molecule has 3 N–H and O–H groups in total. The van der Waals surface area contributed by atoms with Gasteiger partial charge >= 0.3 is 0 Å². The summed E-state index contributed by atoms with van der Waals surface area (Å²) in [5.41, 5.74) is 8.04. The fraction of sp³-hybridized carbons (Fsp3) is 0.0870. The highest BCUT2D eigenvalue weighted by Crippen LogP contribution is 2.32. The van der Waals surface area contributed by atoms with E-state index in [0.717, 1.165) is 33.2 Å². The van der Waals surface area contributed by atoms with Crippen molar-refractivity contribution in [2.24, 2.45) is 7.05 Å². The number of aromatic nitrogens is 8. The Labute approximate surface area is 181 Å². The van der Waals surface area contributed by atoms with Crippen molar-refractivity contribution in [1.82, 2.24) is 39.9 Å². The minimum absolute atomic E-state index is 0.157. The first-order valence-electron chi connectivity index (χ1n) is 10.1. The summed E-state index contributed by atoms with van der Waals surface area (Å²) in [6, 6.07) is 13.8. The zero-order valence-electron chi connectivity index (χ0n) is 17.1. The molecule has 0 amide bonds. The summed E-state index contributed by atoms with van der Waals surface area (Å²) in [4.78, 5) is 17.2. The van der Waals surface area contributed by atoms with E-state index in [9.17, 15) is 5.11 Å². The van der Waals surface area contributed by atoms with Gasteiger partial charge in [-0.1, -0.05) is 12.1 Å². The predicted octanol–water partition coefficient (Wildman–Crippen LogP) is 3.46. The lowest BCUT2D eigenvalue weighted by molar-refractivity contribution is 0.276. The summed E-state index contributed by atoms with van der Waals surface area (Å²) in [5, 5.41) is 21.5. The quantitative estimate of drug-likeness (QED) is 0.400. The molecule has 6 aromatic rings. The van der Waals surface area contributed by atoms with Crippen molar-refractivity contribution in [1.29, 1.82) is 0 Å². The van der Waals surface area contributed by atoms with Crippen LogP contribution in [0.25, 0.3) is 56.0 Å². The van der Waals surface area contributed by atoms with E-state index in [1.54, 1.807) is 17.1 Å². The largest absolute Gasteiger partial charge is 0.390 e. The maximum absolute atomic E-state index is 9.66. The first-order chi connectivity index (χ1) is 15.7. The van der Waals surface area contributed by atoms with E-state index in [-0.39, 0.29) is 6.61 Å². The average molecular weight is 422 g/mol. The number of rotatable bonds is 4. The van der Waals surface area contributed by atoms with Gasteiger partial charge in [0.2, 0.25) is 0 Å². The molecule has 6 rings (SSSR count). The van der Waals surface area contributed by atoms with Crippen LogP contribution < -0.4 is 0 Å². The molecule has 9 heteroatoms. The van der Waals surface area contributed by atoms with Gasteiger partial charge in [-0.15, -0.1) is 0 Å². The smallest absolute Gasteiger partial charge is 0.161 e. The van der Waals surface area contributed by atoms with E-state index in [4.69, 9.17) is 9.97 Å². The normalized spacial score (nSPS) is 11.6. The molecule has 5 heterocycles. The number of H-pyrrole nitrogens is 2. The lowest BCUT2D eigenvalue weighted by Crippen LogP contribution is -1.91. The summed E-state index contributed by atoms with van der Waals surface area (Å²) >= 11 is 0. The van der Waals surface area contributed by atoms with Crippen LogP contribution in [0.2, 0.25) is 0 Å². The number of aliphatic hydroxyl groups excluding tert-OH is 1. The second-order valence-electron chi connectivity index (χ2n) is 7.51. The van der Waals surface area contributed by atoms with Crippen molar-refractivity contribution in [2.75, 3.05) is 0 Å². The lowest BCUT2D eigenvalue weighted by atomic mass is 10.1. The third-order valence-electron chi connectivity index (χ3n) is 5.47. The molecule has 0 unspecified atom stereocenters. The van der Waals surface area contributed by atoms with Crippen molar-refractivity contribution in [2.45, 2.75) is 6.61 Å². The van der Waals surface area contributed by atoms with Crippen molar-refractivity contribution in [3.63, 3.8) is 0 Å². The summed E-state index contributed by atoms with van der Waals surface area (Å²) in [7, 11) is 1.82. The van der Waals surface area contributed by atoms with Gasteiger partial charge in [0.25, 0.3) is 0 Å². The van der Waals surface area contributed by atoms with E-state index in [0.29, 0.717) is 28.4 Å². The number of benzene rings is 1. The Morgan fingerprint density at radius 2 is 1.81 bits per heavy atom. The molecule has 0 bridgehead atoms. The fourth-order valence-electron chi connectivity index (χ4n) is 3.99. The molecule has 0 saturated carbocycles. The molecule has 0 fully saturated rings. The molecule has 0 aliphatic carbocycles. The Morgan fingerprint density at radius 1 is 0.938 bits per heavy atom. The van der Waals surface area contributed by atoms with Crippen LogP contribution in [0.4, 0.5) is 0 Å². The van der Waals surface area contributed by atoms with Crippen LogP contribution in [0.15, 0.2) is 61.1 Å². The molecular formula is C23H18N8O. The second kappa shape index (κ2) is 7.10. The minimum atomic E-state index is -0.157. The Hall–Kier alpha value is -4.37. The minimum Gasteiger partial charge on any atom is -0.390 e. The summed E-state index contributed by atoms with van der Waals surface area (Å²) in [6.45, 7) is -0.157. The number of hydrogen-bond acceptors (Lipinski definition) is 6. The Bertz CT molecular complexity index is 1580. The fourth-order valence-corrected chi connectivity index (χ4v) is 3.99. The third-order valence-corrected chi connectivity index (χ3v) is 5.47. The number of pyridine rings is 2. The van der Waals surface area contributed by atoms with Gasteiger partial charge in [-0.3, -0.25) is 14.8 Å². The lowest BCUT2D eigenvalue weighted by Gasteiger charge is -2.01. The highest BCUT2D eigenvalue weighted by atomic mass is 16.3. The Kier molecular flexibility index (Phi) is 4.08. The number of fused-ring (bicyclic) bond motifs is 2. The van der Waals surface area contributed by atoms with E-state index in [1.165, 1.54) is 0 Å². The highest BCUT2D eigenvalue weighted by Gasteiger charge is 2.18. The molecule has 32 heavy (non-hydrogen) atoms. The number of nitrogens with one attached hydrogen (secondary N) is 2. The van der Waals surface area contributed by atoms with E-state index < -0.39 is 0 Å². The van der Waals surface area contributed by atoms with Crippen molar-refractivity contribution < 1.29 is 5.11 Å². The van der Waals surface area contributed by atoms with Gasteiger partial charge in [0.05, 0.1) is 34.5 Å². The zero-order chi connectivity index (χ0) is 21.7. The SMILES string of the molecule is Cn1cc(-c2ccc3[nH]nc(-c4nc5c(-c6ccncc6)cccc5[nH]4)c3n2)c(CO)n1. The molecule has 0 saturated heterocycles. The molecule has 0 radical (unpaired) electrons. The van der Waals surface area contributed by atoms with Crippen LogP contribution in [0.5, 0.6) is 0 Å². The van der Waals surface area contributed by atoms with Crippen LogP contribution in [0.1, 0.15) is 5.69 Å². The molecular weight excluding hydrogens is 404 g/mol. The number of nitrogens with zero attached hydrogens (tertiary/aromatic N) is 6. The highest BCUT2D eigenvalue weighted by molar-refractivity contribution is 5.96. The number of aromatic amines is 2. The average Bonchev–Trinajstić information content (AvgIpc) is 3.54. The van der Waals surface area contributed by atoms with Gasteiger partial charge in [0, 0.05) is 36.8 Å². The Morgan fingerprint density at radius 3 is 2.66 bits per heavy atom. The third kappa shape index (κ3) is 2.87. The van der Waals surface area contributed by atoms with E-state index >= 15 is 0 Å². The number of aryl methyl sites for hydroxylation is 1. The molecule has 1 aromatic carbocycles. The van der Waals surface area contributed by atoms with E-state index in [2.05, 4.69) is 25.3 Å². The van der Waals surface area contributed by atoms with Crippen LogP contribution in [-0.2, 0) is 13.7 Å². The summed E-state index contributed by atoms with van der Waals surface area (Å²) in [6.07, 6.45) is 5.39. The molecule has 9 nitrogen and oxygen atoms in total. The van der Waals surface area contributed by atoms with Crippen molar-refractivity contribution >= 4 is 22.1 Å². The van der Waals surface area contributed by atoms with Gasteiger partial charge in [-0.2, -0.15) is 10.2 Å². The van der Waals surface area contributed by atoms with E-state index in [1.807, 2.05) is 55.7 Å². The molecule has 5 aromatic heterocycles. The van der Waals surface area contributed by atoms with Crippen LogP contribution in [0, 0.1) is 0 Å². The molecule has 0 atom stereocenters. The van der Waals surface area contributed by atoms with Gasteiger partial charge in [0.1, 0.15) is 5.52 Å². The van der Waals surface area contributed by atoms with Crippen LogP contribution in [-0.4, -0.2) is 45.0 Å². The van der Waals surface area contributed by atoms with Gasteiger partial charge in [-0.25, -0.2) is 9.97 Å². The first kappa shape index (κ1) is 18.4. The van der Waals surface area contributed by atoms with Crippen LogP contribution in [0.3, 0.4) is 0 Å². The van der Waals surface area contributed by atoms with Crippen molar-refractivity contribution in [3.05, 3.63) is 66.7 Å². The molecule has 0 aliphatic heterocycles. The molecule has 0 spiro atoms. The number of hydrogen-bond donors (Lipinski definition) is 3. The monoisotopic (exact) mass is 422 g/mol. The number of para-hydroxylation sites is 1. The standard InChI is InChI=1S/C23H18N8O/c1-31-11-15(19(12-32)30-31)16-5-6-18-21(25-16)22(29-28-18)23-26-17-4-2-3-14(20(17)27-23)13-7-9-24-10-8-13/h2-11,32H,12H2,1H3,(H,26,27)(H,28,29). The maximum Gasteiger partial charge on any atom is 0.161 e. The molecule has 156 valence electrons. The van der Waals surface area contributed by atoms with Crippen LogP contribution >= 0.6 is 0 Å². The Balaban J connectivity index is 1.51. The van der Waals surface area contributed by atoms with Gasteiger partial charge in [0.15, 0.2) is 11.5 Å². The summed E-state index contributed by atoms with van der Waals surface area (Å²) < 4.78 is 1.67. The van der Waals surface area contributed by atoms with Crippen molar-refractivity contribution in [3.8, 4) is 33.9 Å². The molecule has 0 aliphatic rings. The van der Waals surface area contributed by atoms with Gasteiger partial charge in [-0.05, 0) is 35.9 Å². The topological polar surface area (TPSA) is 121 Å². The van der Waals surface area contributed by atoms with Gasteiger partial charge < -0.3 is 10.1 Å². The predicted molar refractivity (Wildman–Crippen MR) is 120 cm³/mol. The number of imidazole rings is 1. The maximum atomic E-state index is 9.66. The first-order valence-corrected chi connectivity index (χ1v) is 10.1. The summed E-state index contributed by atoms with van der Waals surface area (Å²) in [5.74, 6) is 0.631.